The van der Waals surface area contributed by atoms with Crippen molar-refractivity contribution in [1.82, 2.24) is 5.32 Å². The summed E-state index contributed by atoms with van der Waals surface area (Å²) in [5, 5.41) is 13.7. The van der Waals surface area contributed by atoms with Gasteiger partial charge in [-0.2, -0.15) is 0 Å². The number of nitrogens with one attached hydrogen (secondary N) is 1. The van der Waals surface area contributed by atoms with Crippen LogP contribution >= 0.6 is 11.6 Å². The summed E-state index contributed by atoms with van der Waals surface area (Å²) in [6.07, 6.45) is 1.53. The summed E-state index contributed by atoms with van der Waals surface area (Å²) in [4.78, 5) is 10.2. The van der Waals surface area contributed by atoms with E-state index in [1.165, 1.54) is 0 Å². The van der Waals surface area contributed by atoms with Crippen molar-refractivity contribution < 1.29 is 14.1 Å². The Morgan fingerprint density at radius 3 is 2.94 bits per heavy atom. The third kappa shape index (κ3) is 2.88. The van der Waals surface area contributed by atoms with Gasteiger partial charge in [0.1, 0.15) is 11.9 Å². The molecule has 0 amide bonds. The summed E-state index contributed by atoms with van der Waals surface area (Å²) in [5.41, 5.74) is -0.313. The molecule has 1 atom stereocenters. The van der Waals surface area contributed by atoms with E-state index in [4.69, 9.17) is 16.3 Å². The molecule has 0 unspecified atom stereocenters. The van der Waals surface area contributed by atoms with Crippen molar-refractivity contribution in [2.45, 2.75) is 18.9 Å². The maximum absolute atomic E-state index is 13.3. The minimum Gasteiger partial charge on any atom is -0.482 e. The van der Waals surface area contributed by atoms with Crippen molar-refractivity contribution in [3.8, 4) is 5.75 Å². The summed E-state index contributed by atoms with van der Waals surface area (Å²) in [6.45, 7) is 1.50. The number of hydrogen-bond donors (Lipinski definition) is 1. The predicted molar refractivity (Wildman–Crippen MR) is 64.6 cm³/mol. The summed E-state index contributed by atoms with van der Waals surface area (Å²) in [6, 6.07) is 1.94. The number of piperidine rings is 1. The molecule has 0 aliphatic carbocycles. The van der Waals surface area contributed by atoms with Crippen LogP contribution < -0.4 is 10.1 Å². The maximum atomic E-state index is 13.3. The highest BCUT2D eigenvalue weighted by Crippen LogP contribution is 2.33. The molecule has 1 saturated heterocycles. The summed E-state index contributed by atoms with van der Waals surface area (Å²) >= 11 is 5.53. The zero-order chi connectivity index (χ0) is 13.1. The number of halogens is 2. The molecule has 0 aromatic heterocycles. The van der Waals surface area contributed by atoms with E-state index in [0.717, 1.165) is 31.5 Å². The minimum atomic E-state index is -0.721. The van der Waals surface area contributed by atoms with Crippen LogP contribution in [-0.2, 0) is 0 Å². The second kappa shape index (κ2) is 5.49. The van der Waals surface area contributed by atoms with Gasteiger partial charge in [0.25, 0.3) is 0 Å². The lowest BCUT2D eigenvalue weighted by molar-refractivity contribution is -0.386. The number of nitro groups is 1. The fourth-order valence-electron chi connectivity index (χ4n) is 1.86. The summed E-state index contributed by atoms with van der Waals surface area (Å²) in [7, 11) is 0. The van der Waals surface area contributed by atoms with E-state index in [0.29, 0.717) is 6.54 Å². The van der Waals surface area contributed by atoms with Gasteiger partial charge in [-0.15, -0.1) is 0 Å². The lowest BCUT2D eigenvalue weighted by Crippen LogP contribution is -2.37. The van der Waals surface area contributed by atoms with Crippen molar-refractivity contribution in [3.63, 3.8) is 0 Å². The fourth-order valence-corrected chi connectivity index (χ4v) is 2.01. The molecule has 1 aromatic rings. The Hall–Kier alpha value is -1.40. The fraction of sp³-hybridized carbons (Fsp3) is 0.455. The first-order chi connectivity index (χ1) is 8.58. The number of nitro benzene ring substituents is 1. The van der Waals surface area contributed by atoms with E-state index < -0.39 is 10.7 Å². The largest absolute Gasteiger partial charge is 0.482 e. The minimum absolute atomic E-state index is 0.0735. The first-order valence-corrected chi connectivity index (χ1v) is 5.96. The zero-order valence-corrected chi connectivity index (χ0v) is 10.2. The molecule has 1 aliphatic rings. The van der Waals surface area contributed by atoms with Gasteiger partial charge in [0, 0.05) is 18.7 Å². The third-order valence-corrected chi connectivity index (χ3v) is 3.03. The Morgan fingerprint density at radius 2 is 2.33 bits per heavy atom. The molecule has 1 heterocycles. The van der Waals surface area contributed by atoms with Crippen molar-refractivity contribution in [2.75, 3.05) is 13.1 Å². The molecule has 1 fully saturated rings. The van der Waals surface area contributed by atoms with Crippen LogP contribution in [0.4, 0.5) is 10.1 Å². The van der Waals surface area contributed by atoms with E-state index in [1.54, 1.807) is 0 Å². The van der Waals surface area contributed by atoms with Crippen LogP contribution in [0.25, 0.3) is 0 Å². The van der Waals surface area contributed by atoms with Crippen LogP contribution in [0.3, 0.4) is 0 Å². The predicted octanol–water partition coefficient (Wildman–Crippen LogP) is 2.52. The van der Waals surface area contributed by atoms with E-state index in [2.05, 4.69) is 5.32 Å². The van der Waals surface area contributed by atoms with Crippen molar-refractivity contribution in [1.29, 1.82) is 0 Å². The van der Waals surface area contributed by atoms with Gasteiger partial charge in [-0.3, -0.25) is 10.1 Å². The quantitative estimate of drug-likeness (QED) is 0.679. The molecule has 0 saturated carbocycles. The lowest BCUT2D eigenvalue weighted by Gasteiger charge is -2.23. The van der Waals surface area contributed by atoms with E-state index in [1.807, 2.05) is 0 Å². The number of rotatable bonds is 3. The molecule has 0 radical (unpaired) electrons. The zero-order valence-electron chi connectivity index (χ0n) is 9.49. The molecule has 1 aromatic carbocycles. The van der Waals surface area contributed by atoms with Gasteiger partial charge >= 0.3 is 5.69 Å². The Balaban J connectivity index is 2.24. The lowest BCUT2D eigenvalue weighted by atomic mass is 10.1. The Morgan fingerprint density at radius 1 is 1.56 bits per heavy atom. The van der Waals surface area contributed by atoms with Gasteiger partial charge in [0.2, 0.25) is 0 Å². The van der Waals surface area contributed by atoms with Gasteiger partial charge in [-0.25, -0.2) is 4.39 Å². The second-order valence-electron chi connectivity index (χ2n) is 4.08. The molecule has 0 spiro atoms. The van der Waals surface area contributed by atoms with E-state index in [9.17, 15) is 14.5 Å². The highest BCUT2D eigenvalue weighted by Gasteiger charge is 2.23. The molecular weight excluding hydrogens is 263 g/mol. The third-order valence-electron chi connectivity index (χ3n) is 2.74. The van der Waals surface area contributed by atoms with Gasteiger partial charge in [-0.05, 0) is 19.4 Å². The highest BCUT2D eigenvalue weighted by molar-refractivity contribution is 6.31. The standard InChI is InChI=1S/C11H12ClFN2O3/c12-8-4-10(15(16)17)11(5-9(8)13)18-7-2-1-3-14-6-7/h4-5,7,14H,1-3,6H2/t7-/m0/s1. The van der Waals surface area contributed by atoms with Crippen LogP contribution in [0, 0.1) is 15.9 Å². The van der Waals surface area contributed by atoms with Gasteiger partial charge < -0.3 is 10.1 Å². The Labute approximate surface area is 108 Å². The Bertz CT molecular complexity index is 464. The maximum Gasteiger partial charge on any atom is 0.312 e. The number of ether oxygens (including phenoxy) is 1. The summed E-state index contributed by atoms with van der Waals surface area (Å²) < 4.78 is 18.8. The van der Waals surface area contributed by atoms with Crippen molar-refractivity contribution in [3.05, 3.63) is 33.1 Å². The average molecular weight is 275 g/mol. The van der Waals surface area contributed by atoms with Crippen LogP contribution in [0.1, 0.15) is 12.8 Å². The monoisotopic (exact) mass is 274 g/mol. The van der Waals surface area contributed by atoms with Crippen LogP contribution in [-0.4, -0.2) is 24.1 Å². The van der Waals surface area contributed by atoms with Gasteiger partial charge in [0.05, 0.1) is 9.95 Å². The number of hydrogen-bond acceptors (Lipinski definition) is 4. The van der Waals surface area contributed by atoms with Crippen molar-refractivity contribution in [2.24, 2.45) is 0 Å². The first kappa shape index (κ1) is 13.0. The molecule has 0 bridgehead atoms. The number of nitrogens with zero attached hydrogens (tertiary/aromatic N) is 1. The normalized spacial score (nSPS) is 19.6. The first-order valence-electron chi connectivity index (χ1n) is 5.58. The molecule has 18 heavy (non-hydrogen) atoms. The number of benzene rings is 1. The molecule has 2 rings (SSSR count). The SMILES string of the molecule is O=[N+]([O-])c1cc(Cl)c(F)cc1O[C@H]1CCCNC1. The molecular formula is C11H12ClFN2O3. The molecule has 7 heteroatoms. The van der Waals surface area contributed by atoms with E-state index in [-0.39, 0.29) is 22.6 Å². The smallest absolute Gasteiger partial charge is 0.312 e. The molecule has 5 nitrogen and oxygen atoms in total. The molecule has 1 aliphatic heterocycles. The van der Waals surface area contributed by atoms with Crippen LogP contribution in [0.5, 0.6) is 5.75 Å². The van der Waals surface area contributed by atoms with Gasteiger partial charge in [-0.1, -0.05) is 11.6 Å². The highest BCUT2D eigenvalue weighted by atomic mass is 35.5. The van der Waals surface area contributed by atoms with E-state index >= 15 is 0 Å². The van der Waals surface area contributed by atoms with Crippen LogP contribution in [0.2, 0.25) is 5.02 Å². The Kier molecular flexibility index (Phi) is 3.98. The van der Waals surface area contributed by atoms with Crippen molar-refractivity contribution >= 4 is 17.3 Å². The van der Waals surface area contributed by atoms with Gasteiger partial charge in [0.15, 0.2) is 5.75 Å². The second-order valence-corrected chi connectivity index (χ2v) is 4.48. The summed E-state index contributed by atoms with van der Waals surface area (Å²) in [5.74, 6) is -0.795. The average Bonchev–Trinajstić information content (AvgIpc) is 2.34. The van der Waals surface area contributed by atoms with Crippen LogP contribution in [0.15, 0.2) is 12.1 Å². The molecule has 98 valence electrons. The topological polar surface area (TPSA) is 64.4 Å². The molecule has 1 N–H and O–H groups in total.